The third-order valence-corrected chi connectivity index (χ3v) is 4.18. The Bertz CT molecular complexity index is 441. The Morgan fingerprint density at radius 2 is 1.12 bits per heavy atom. The summed E-state index contributed by atoms with van der Waals surface area (Å²) in [6.45, 7) is 2.84. The summed E-state index contributed by atoms with van der Waals surface area (Å²) in [6.07, 6.45) is 12.1. The van der Waals surface area contributed by atoms with Gasteiger partial charge in [0.25, 0.3) is 0 Å². The summed E-state index contributed by atoms with van der Waals surface area (Å²) in [5, 5.41) is 6.38. The number of rotatable bonds is 11. The maximum Gasteiger partial charge on any atom is 0.335 e. The minimum atomic E-state index is -0.184. The van der Waals surface area contributed by atoms with Crippen molar-refractivity contribution >= 4 is 11.9 Å². The zero-order valence-corrected chi connectivity index (χ0v) is 14.3. The molecular formula is C18H28N2O4. The molecule has 6 heteroatoms. The van der Waals surface area contributed by atoms with Crippen molar-refractivity contribution in [3.8, 4) is 0 Å². The quantitative estimate of drug-likeness (QED) is 0.342. The third-order valence-electron chi connectivity index (χ3n) is 4.18. The highest BCUT2D eigenvalue weighted by Crippen LogP contribution is 2.12. The number of nitrogens with one attached hydrogen (secondary N) is 2. The van der Waals surface area contributed by atoms with Gasteiger partial charge in [-0.2, -0.15) is 0 Å². The number of carbonyl (C=O) groups excluding carboxylic acids is 2. The van der Waals surface area contributed by atoms with Crippen molar-refractivity contribution in [2.45, 2.75) is 51.4 Å². The molecule has 0 amide bonds. The maximum absolute atomic E-state index is 11.2. The normalized spacial score (nSPS) is 20.5. The second-order valence-electron chi connectivity index (χ2n) is 6.14. The van der Waals surface area contributed by atoms with E-state index in [0.717, 1.165) is 49.9 Å². The average Bonchev–Trinajstić information content (AvgIpc) is 3.17. The Morgan fingerprint density at radius 1 is 0.708 bits per heavy atom. The molecule has 0 unspecified atom stereocenters. The molecule has 0 aromatic heterocycles. The van der Waals surface area contributed by atoms with E-state index in [9.17, 15) is 9.59 Å². The second kappa shape index (κ2) is 10.7. The fraction of sp³-hybridized carbons (Fsp3) is 0.667. The molecule has 2 aliphatic rings. The van der Waals surface area contributed by atoms with Crippen LogP contribution in [0.2, 0.25) is 0 Å². The van der Waals surface area contributed by atoms with Gasteiger partial charge in [-0.3, -0.25) is 0 Å². The van der Waals surface area contributed by atoms with Gasteiger partial charge in [-0.05, 0) is 12.8 Å². The Morgan fingerprint density at radius 3 is 1.50 bits per heavy atom. The highest BCUT2D eigenvalue weighted by Gasteiger charge is 2.18. The zero-order chi connectivity index (χ0) is 17.0. The van der Waals surface area contributed by atoms with E-state index in [2.05, 4.69) is 10.6 Å². The van der Waals surface area contributed by atoms with Crippen molar-refractivity contribution in [3.05, 3.63) is 23.5 Å². The molecule has 0 spiro atoms. The molecule has 0 aliphatic carbocycles. The summed E-state index contributed by atoms with van der Waals surface area (Å²) >= 11 is 0. The Labute approximate surface area is 143 Å². The van der Waals surface area contributed by atoms with Crippen molar-refractivity contribution in [1.29, 1.82) is 0 Å². The monoisotopic (exact) mass is 336 g/mol. The van der Waals surface area contributed by atoms with Gasteiger partial charge in [-0.25, -0.2) is 9.59 Å². The van der Waals surface area contributed by atoms with Gasteiger partial charge in [-0.15, -0.1) is 0 Å². The Kier molecular flexibility index (Phi) is 8.21. The van der Waals surface area contributed by atoms with Crippen molar-refractivity contribution in [2.75, 3.05) is 26.3 Å². The summed E-state index contributed by atoms with van der Waals surface area (Å²) in [6, 6.07) is 0. The largest absolute Gasteiger partial charge is 0.462 e. The number of carbonyl (C=O) groups is 2. The van der Waals surface area contributed by atoms with E-state index in [4.69, 9.17) is 9.47 Å². The van der Waals surface area contributed by atoms with E-state index in [1.165, 1.54) is 25.7 Å². The lowest BCUT2D eigenvalue weighted by Gasteiger charge is -2.04. The SMILES string of the molecule is O=C1OCC/C1=C\NCCCCCCCCN/C=C1\CCOC1=O. The molecular weight excluding hydrogens is 308 g/mol. The van der Waals surface area contributed by atoms with E-state index >= 15 is 0 Å². The summed E-state index contributed by atoms with van der Waals surface area (Å²) in [7, 11) is 0. The molecule has 2 aliphatic heterocycles. The van der Waals surface area contributed by atoms with Gasteiger partial charge >= 0.3 is 11.9 Å². The highest BCUT2D eigenvalue weighted by molar-refractivity contribution is 5.90. The first-order valence-corrected chi connectivity index (χ1v) is 8.96. The average molecular weight is 336 g/mol. The summed E-state index contributed by atoms with van der Waals surface area (Å²) in [4.78, 5) is 22.4. The van der Waals surface area contributed by atoms with Gasteiger partial charge < -0.3 is 20.1 Å². The van der Waals surface area contributed by atoms with Crippen LogP contribution in [-0.2, 0) is 19.1 Å². The molecule has 0 radical (unpaired) electrons. The molecule has 0 saturated carbocycles. The first-order chi connectivity index (χ1) is 11.8. The number of ether oxygens (including phenoxy) is 2. The van der Waals surface area contributed by atoms with Gasteiger partial charge in [0.2, 0.25) is 0 Å². The van der Waals surface area contributed by atoms with Crippen molar-refractivity contribution in [3.63, 3.8) is 0 Å². The summed E-state index contributed by atoms with van der Waals surface area (Å²) in [5.74, 6) is -0.367. The first-order valence-electron chi connectivity index (χ1n) is 8.96. The topological polar surface area (TPSA) is 76.7 Å². The van der Waals surface area contributed by atoms with Gasteiger partial charge in [0.15, 0.2) is 0 Å². The van der Waals surface area contributed by atoms with Crippen LogP contribution in [-0.4, -0.2) is 38.2 Å². The van der Waals surface area contributed by atoms with E-state index in [-0.39, 0.29) is 11.9 Å². The smallest absolute Gasteiger partial charge is 0.335 e. The lowest BCUT2D eigenvalue weighted by atomic mass is 10.1. The van der Waals surface area contributed by atoms with E-state index in [1.54, 1.807) is 12.4 Å². The van der Waals surface area contributed by atoms with Crippen molar-refractivity contribution in [2.24, 2.45) is 0 Å². The highest BCUT2D eigenvalue weighted by atomic mass is 16.5. The van der Waals surface area contributed by atoms with Crippen molar-refractivity contribution in [1.82, 2.24) is 10.6 Å². The van der Waals surface area contributed by atoms with Crippen LogP contribution in [0, 0.1) is 0 Å². The van der Waals surface area contributed by atoms with Crippen LogP contribution in [0.15, 0.2) is 23.5 Å². The third kappa shape index (κ3) is 6.64. The summed E-state index contributed by atoms with van der Waals surface area (Å²) in [5.41, 5.74) is 1.51. The molecule has 0 aromatic rings. The fourth-order valence-corrected chi connectivity index (χ4v) is 2.71. The zero-order valence-electron chi connectivity index (χ0n) is 14.3. The minimum Gasteiger partial charge on any atom is -0.462 e. The first kappa shape index (κ1) is 18.4. The van der Waals surface area contributed by atoms with Crippen LogP contribution in [0.25, 0.3) is 0 Å². The van der Waals surface area contributed by atoms with Crippen LogP contribution in [0.3, 0.4) is 0 Å². The standard InChI is InChI=1S/C18H28N2O4/c21-17-15(7-11-23-17)13-19-9-5-3-1-2-4-6-10-20-14-16-8-12-24-18(16)22/h13-14,19-20H,1-12H2/b15-13+,16-14+. The molecule has 0 aromatic carbocycles. The van der Waals surface area contributed by atoms with E-state index in [1.807, 2.05) is 0 Å². The second-order valence-corrected chi connectivity index (χ2v) is 6.14. The number of unbranched alkanes of at least 4 members (excludes halogenated alkanes) is 5. The molecule has 24 heavy (non-hydrogen) atoms. The van der Waals surface area contributed by atoms with E-state index in [0.29, 0.717) is 13.2 Å². The lowest BCUT2D eigenvalue weighted by Crippen LogP contribution is -2.10. The van der Waals surface area contributed by atoms with Crippen molar-refractivity contribution < 1.29 is 19.1 Å². The van der Waals surface area contributed by atoms with Gasteiger partial charge in [0.05, 0.1) is 24.4 Å². The van der Waals surface area contributed by atoms with Crippen LogP contribution >= 0.6 is 0 Å². The fourth-order valence-electron chi connectivity index (χ4n) is 2.71. The molecule has 0 atom stereocenters. The maximum atomic E-state index is 11.2. The molecule has 2 rings (SSSR count). The van der Waals surface area contributed by atoms with Crippen LogP contribution < -0.4 is 10.6 Å². The van der Waals surface area contributed by atoms with Gasteiger partial charge in [-0.1, -0.05) is 25.7 Å². The van der Waals surface area contributed by atoms with Gasteiger partial charge in [0, 0.05) is 38.3 Å². The molecule has 0 bridgehead atoms. The Balaban J connectivity index is 1.35. The van der Waals surface area contributed by atoms with E-state index < -0.39 is 0 Å². The Hall–Kier alpha value is -1.98. The molecule has 2 saturated heterocycles. The summed E-state index contributed by atoms with van der Waals surface area (Å²) < 4.78 is 9.74. The molecule has 2 heterocycles. The lowest BCUT2D eigenvalue weighted by molar-refractivity contribution is -0.136. The van der Waals surface area contributed by atoms with Crippen LogP contribution in [0.1, 0.15) is 51.4 Å². The number of hydrogen-bond acceptors (Lipinski definition) is 6. The predicted octanol–water partition coefficient (Wildman–Crippen LogP) is 2.17. The number of hydrogen-bond donors (Lipinski definition) is 2. The number of esters is 2. The molecule has 2 N–H and O–H groups in total. The van der Waals surface area contributed by atoms with Gasteiger partial charge in [0.1, 0.15) is 0 Å². The number of cyclic esters (lactones) is 2. The molecule has 134 valence electrons. The van der Waals surface area contributed by atoms with Crippen LogP contribution in [0.4, 0.5) is 0 Å². The molecule has 6 nitrogen and oxygen atoms in total. The van der Waals surface area contributed by atoms with Crippen LogP contribution in [0.5, 0.6) is 0 Å². The minimum absolute atomic E-state index is 0.184. The predicted molar refractivity (Wildman–Crippen MR) is 91.0 cm³/mol. The molecule has 2 fully saturated rings.